The minimum atomic E-state index is -0.393. The van der Waals surface area contributed by atoms with E-state index in [-0.39, 0.29) is 16.4 Å². The molecule has 0 radical (unpaired) electrons. The Morgan fingerprint density at radius 1 is 1.64 bits per heavy atom. The first kappa shape index (κ1) is 11.8. The second-order valence-electron chi connectivity index (χ2n) is 4.63. The minimum Gasteiger partial charge on any atom is -0.389 e. The van der Waals surface area contributed by atoms with Crippen LogP contribution < -0.4 is 0 Å². The summed E-state index contributed by atoms with van der Waals surface area (Å²) in [4.78, 5) is 11.7. The van der Waals surface area contributed by atoms with Gasteiger partial charge in [-0.2, -0.15) is 0 Å². The van der Waals surface area contributed by atoms with E-state index in [1.165, 1.54) is 11.8 Å². The largest absolute Gasteiger partial charge is 0.389 e. The topological polar surface area (TPSA) is 37.3 Å². The molecule has 1 aliphatic carbocycles. The Balaban J connectivity index is 3.01. The summed E-state index contributed by atoms with van der Waals surface area (Å²) in [6.07, 6.45) is 3.90. The molecular formula is C11H18O2S. The number of aliphatic hydroxyl groups is 1. The zero-order valence-corrected chi connectivity index (χ0v) is 10.0. The van der Waals surface area contributed by atoms with Crippen LogP contribution in [0.2, 0.25) is 0 Å². The van der Waals surface area contributed by atoms with Crippen LogP contribution in [0, 0.1) is 11.3 Å². The van der Waals surface area contributed by atoms with Gasteiger partial charge in [-0.05, 0) is 25.0 Å². The van der Waals surface area contributed by atoms with Crippen molar-refractivity contribution in [3.05, 3.63) is 11.6 Å². The molecule has 0 amide bonds. The number of aliphatic hydroxyl groups excluding tert-OH is 1. The lowest BCUT2D eigenvalue weighted by Gasteiger charge is -2.38. The molecule has 0 saturated heterocycles. The van der Waals surface area contributed by atoms with Crippen molar-refractivity contribution in [1.29, 1.82) is 0 Å². The first-order valence-electron chi connectivity index (χ1n) is 4.82. The van der Waals surface area contributed by atoms with Gasteiger partial charge >= 0.3 is 0 Å². The Hall–Kier alpha value is -0.280. The Labute approximate surface area is 89.8 Å². The Kier molecular flexibility index (Phi) is 3.43. The van der Waals surface area contributed by atoms with Gasteiger partial charge in [-0.3, -0.25) is 4.79 Å². The standard InChI is InChI=1S/C11H18O2S/c1-7-5-8(12)6-11(2,3)9(7)10(13)14-4/h5,8-9,12H,6H2,1-4H3. The number of carbonyl (C=O) groups excluding carboxylic acids is 1. The lowest BCUT2D eigenvalue weighted by molar-refractivity contribution is -0.117. The number of carbonyl (C=O) groups is 1. The third-order valence-corrected chi connectivity index (χ3v) is 3.50. The van der Waals surface area contributed by atoms with Gasteiger partial charge in [-0.15, -0.1) is 0 Å². The molecule has 1 aliphatic rings. The molecule has 0 saturated carbocycles. The zero-order valence-electron chi connectivity index (χ0n) is 9.20. The highest BCUT2D eigenvalue weighted by molar-refractivity contribution is 8.13. The van der Waals surface area contributed by atoms with Crippen molar-refractivity contribution in [2.45, 2.75) is 33.3 Å². The van der Waals surface area contributed by atoms with E-state index in [9.17, 15) is 9.90 Å². The summed E-state index contributed by atoms with van der Waals surface area (Å²) < 4.78 is 0. The van der Waals surface area contributed by atoms with Crippen LogP contribution in [-0.2, 0) is 4.79 Å². The van der Waals surface area contributed by atoms with E-state index in [2.05, 4.69) is 0 Å². The molecule has 1 N–H and O–H groups in total. The second kappa shape index (κ2) is 4.07. The van der Waals surface area contributed by atoms with Crippen molar-refractivity contribution >= 4 is 16.9 Å². The molecule has 2 unspecified atom stereocenters. The highest BCUT2D eigenvalue weighted by Crippen LogP contribution is 2.42. The Morgan fingerprint density at radius 3 is 2.64 bits per heavy atom. The SMILES string of the molecule is CSC(=O)C1C(C)=CC(O)CC1(C)C. The van der Waals surface area contributed by atoms with Crippen LogP contribution in [-0.4, -0.2) is 22.6 Å². The molecule has 3 heteroatoms. The predicted octanol–water partition coefficient (Wildman–Crippen LogP) is 2.23. The summed E-state index contributed by atoms with van der Waals surface area (Å²) in [6, 6.07) is 0. The fraction of sp³-hybridized carbons (Fsp3) is 0.727. The van der Waals surface area contributed by atoms with Crippen molar-refractivity contribution in [2.75, 3.05) is 6.26 Å². The molecule has 2 atom stereocenters. The maximum atomic E-state index is 11.7. The lowest BCUT2D eigenvalue weighted by atomic mass is 9.68. The van der Waals surface area contributed by atoms with E-state index in [1.807, 2.05) is 33.1 Å². The third kappa shape index (κ3) is 2.20. The van der Waals surface area contributed by atoms with E-state index in [4.69, 9.17) is 0 Å². The van der Waals surface area contributed by atoms with Gasteiger partial charge in [0.05, 0.1) is 12.0 Å². The van der Waals surface area contributed by atoms with E-state index in [0.717, 1.165) is 5.57 Å². The third-order valence-electron chi connectivity index (χ3n) is 2.86. The van der Waals surface area contributed by atoms with Crippen LogP contribution in [0.15, 0.2) is 11.6 Å². The molecule has 14 heavy (non-hydrogen) atoms. The van der Waals surface area contributed by atoms with Gasteiger partial charge in [-0.25, -0.2) is 0 Å². The summed E-state index contributed by atoms with van der Waals surface area (Å²) in [5, 5.41) is 9.80. The monoisotopic (exact) mass is 214 g/mol. The van der Waals surface area contributed by atoms with Gasteiger partial charge in [0, 0.05) is 0 Å². The van der Waals surface area contributed by atoms with Crippen LogP contribution >= 0.6 is 11.8 Å². The van der Waals surface area contributed by atoms with Crippen molar-refractivity contribution in [1.82, 2.24) is 0 Å². The van der Waals surface area contributed by atoms with Gasteiger partial charge < -0.3 is 5.11 Å². The van der Waals surface area contributed by atoms with Gasteiger partial charge in [0.15, 0.2) is 5.12 Å². The summed E-state index contributed by atoms with van der Waals surface area (Å²) in [6.45, 7) is 6.03. The fourth-order valence-electron chi connectivity index (χ4n) is 2.35. The summed E-state index contributed by atoms with van der Waals surface area (Å²) in [7, 11) is 0. The number of hydrogen-bond donors (Lipinski definition) is 1. The molecule has 80 valence electrons. The average molecular weight is 214 g/mol. The van der Waals surface area contributed by atoms with Crippen molar-refractivity contribution in [2.24, 2.45) is 11.3 Å². The maximum absolute atomic E-state index is 11.7. The minimum absolute atomic E-state index is 0.0408. The number of allylic oxidation sites excluding steroid dienone is 1. The Bertz CT molecular complexity index is 268. The van der Waals surface area contributed by atoms with Crippen molar-refractivity contribution in [3.8, 4) is 0 Å². The zero-order chi connectivity index (χ0) is 10.9. The van der Waals surface area contributed by atoms with Crippen LogP contribution in [0.5, 0.6) is 0 Å². The first-order valence-corrected chi connectivity index (χ1v) is 6.05. The Morgan fingerprint density at radius 2 is 2.21 bits per heavy atom. The van der Waals surface area contributed by atoms with Crippen LogP contribution in [0.25, 0.3) is 0 Å². The molecular weight excluding hydrogens is 196 g/mol. The number of thioether (sulfide) groups is 1. The lowest BCUT2D eigenvalue weighted by Crippen LogP contribution is -2.37. The molecule has 0 bridgehead atoms. The molecule has 0 fully saturated rings. The van der Waals surface area contributed by atoms with Crippen molar-refractivity contribution in [3.63, 3.8) is 0 Å². The molecule has 0 aromatic rings. The molecule has 0 spiro atoms. The van der Waals surface area contributed by atoms with Gasteiger partial charge in [-0.1, -0.05) is 37.3 Å². The fourth-order valence-corrected chi connectivity index (χ4v) is 3.10. The summed E-state index contributed by atoms with van der Waals surface area (Å²) >= 11 is 1.28. The summed E-state index contributed by atoms with van der Waals surface area (Å²) in [5.41, 5.74) is 0.881. The number of hydrogen-bond acceptors (Lipinski definition) is 3. The smallest absolute Gasteiger partial charge is 0.196 e. The van der Waals surface area contributed by atoms with Crippen molar-refractivity contribution < 1.29 is 9.90 Å². The van der Waals surface area contributed by atoms with Crippen LogP contribution in [0.3, 0.4) is 0 Å². The van der Waals surface area contributed by atoms with Crippen LogP contribution in [0.1, 0.15) is 27.2 Å². The average Bonchev–Trinajstić information content (AvgIpc) is 1.99. The summed E-state index contributed by atoms with van der Waals surface area (Å²) in [5.74, 6) is -0.0408. The molecule has 0 aromatic heterocycles. The van der Waals surface area contributed by atoms with Gasteiger partial charge in [0.2, 0.25) is 0 Å². The van der Waals surface area contributed by atoms with Gasteiger partial charge in [0.25, 0.3) is 0 Å². The number of rotatable bonds is 1. The maximum Gasteiger partial charge on any atom is 0.196 e. The molecule has 0 aromatic carbocycles. The molecule has 2 nitrogen and oxygen atoms in total. The molecule has 0 aliphatic heterocycles. The van der Waals surface area contributed by atoms with E-state index in [0.29, 0.717) is 6.42 Å². The van der Waals surface area contributed by atoms with Gasteiger partial charge in [0.1, 0.15) is 0 Å². The molecule has 0 heterocycles. The highest BCUT2D eigenvalue weighted by atomic mass is 32.2. The molecule has 1 rings (SSSR count). The first-order chi connectivity index (χ1) is 6.38. The van der Waals surface area contributed by atoms with E-state index in [1.54, 1.807) is 0 Å². The van der Waals surface area contributed by atoms with E-state index < -0.39 is 6.10 Å². The second-order valence-corrected chi connectivity index (χ2v) is 5.44. The predicted molar refractivity (Wildman–Crippen MR) is 60.2 cm³/mol. The highest BCUT2D eigenvalue weighted by Gasteiger charge is 2.40. The normalized spacial score (nSPS) is 31.1. The van der Waals surface area contributed by atoms with Crippen LogP contribution in [0.4, 0.5) is 0 Å². The van der Waals surface area contributed by atoms with E-state index >= 15 is 0 Å². The quantitative estimate of drug-likeness (QED) is 0.680.